The summed E-state index contributed by atoms with van der Waals surface area (Å²) < 4.78 is 31.3. The minimum atomic E-state index is -0.851. The van der Waals surface area contributed by atoms with Crippen molar-refractivity contribution in [2.24, 2.45) is 10.9 Å². The number of nitrogens with zero attached hydrogens (tertiary/aromatic N) is 2. The Labute approximate surface area is 107 Å². The summed E-state index contributed by atoms with van der Waals surface area (Å²) >= 11 is 0. The third-order valence-corrected chi connectivity index (χ3v) is 2.25. The Hall–Kier alpha value is -2.70. The molecule has 0 amide bonds. The maximum atomic E-state index is 13.4. The largest absolute Gasteiger partial charge is 0.436 e. The number of nitrogens with two attached hydrogens (primary N) is 1. The number of hydrogen-bond donors (Lipinski definition) is 2. The second-order valence-electron chi connectivity index (χ2n) is 3.54. The number of ether oxygens (including phenoxy) is 1. The van der Waals surface area contributed by atoms with Crippen molar-refractivity contribution in [3.63, 3.8) is 0 Å². The van der Waals surface area contributed by atoms with E-state index in [4.69, 9.17) is 15.7 Å². The van der Waals surface area contributed by atoms with Gasteiger partial charge in [0, 0.05) is 23.9 Å². The summed E-state index contributed by atoms with van der Waals surface area (Å²) in [6, 6.07) is 5.75. The third kappa shape index (κ3) is 2.95. The van der Waals surface area contributed by atoms with Crippen LogP contribution in [0, 0.1) is 11.6 Å². The van der Waals surface area contributed by atoms with Crippen LogP contribution in [0.4, 0.5) is 8.78 Å². The molecule has 7 heteroatoms. The average molecular weight is 265 g/mol. The predicted octanol–water partition coefficient (Wildman–Crippen LogP) is 2.25. The molecule has 5 nitrogen and oxygen atoms in total. The summed E-state index contributed by atoms with van der Waals surface area (Å²) in [5.41, 5.74) is 5.76. The number of halogens is 2. The number of rotatable bonds is 3. The second-order valence-corrected chi connectivity index (χ2v) is 3.54. The molecule has 0 aliphatic rings. The highest BCUT2D eigenvalue weighted by atomic mass is 19.1. The van der Waals surface area contributed by atoms with E-state index in [1.807, 2.05) is 0 Å². The Bertz CT molecular complexity index is 632. The van der Waals surface area contributed by atoms with Crippen molar-refractivity contribution in [2.45, 2.75) is 0 Å². The predicted molar refractivity (Wildman–Crippen MR) is 63.2 cm³/mol. The van der Waals surface area contributed by atoms with Crippen molar-refractivity contribution in [3.8, 4) is 11.6 Å². The molecule has 3 N–H and O–H groups in total. The van der Waals surface area contributed by atoms with Gasteiger partial charge in [0.2, 0.25) is 5.88 Å². The van der Waals surface area contributed by atoms with E-state index in [0.717, 1.165) is 12.1 Å². The first-order valence-corrected chi connectivity index (χ1v) is 5.17. The minimum absolute atomic E-state index is 0.0367. The molecule has 0 unspecified atom stereocenters. The van der Waals surface area contributed by atoms with E-state index in [9.17, 15) is 8.78 Å². The molecular formula is C12H9F2N3O2. The monoisotopic (exact) mass is 265 g/mol. The smallest absolute Gasteiger partial charge is 0.220 e. The van der Waals surface area contributed by atoms with E-state index in [2.05, 4.69) is 10.1 Å². The van der Waals surface area contributed by atoms with Crippen LogP contribution in [-0.4, -0.2) is 16.0 Å². The van der Waals surface area contributed by atoms with Crippen molar-refractivity contribution < 1.29 is 18.7 Å². The molecule has 0 radical (unpaired) electrons. The Balaban J connectivity index is 2.28. The maximum absolute atomic E-state index is 13.4. The lowest BCUT2D eigenvalue weighted by Gasteiger charge is -2.06. The summed E-state index contributed by atoms with van der Waals surface area (Å²) in [5, 5.41) is 11.4. The van der Waals surface area contributed by atoms with Gasteiger partial charge in [-0.05, 0) is 18.2 Å². The number of oxime groups is 1. The van der Waals surface area contributed by atoms with E-state index >= 15 is 0 Å². The van der Waals surface area contributed by atoms with Gasteiger partial charge in [0.05, 0.1) is 0 Å². The Morgan fingerprint density at radius 2 is 2.05 bits per heavy atom. The van der Waals surface area contributed by atoms with Crippen molar-refractivity contribution in [1.29, 1.82) is 0 Å². The molecule has 1 heterocycles. The van der Waals surface area contributed by atoms with Crippen molar-refractivity contribution in [3.05, 3.63) is 53.7 Å². The fraction of sp³-hybridized carbons (Fsp3) is 0. The Kier molecular flexibility index (Phi) is 3.56. The van der Waals surface area contributed by atoms with Crippen LogP contribution in [0.15, 0.2) is 41.7 Å². The zero-order chi connectivity index (χ0) is 13.8. The standard InChI is InChI=1S/C12H9F2N3O2/c13-8-1-2-10(9(14)6-8)19-11-5-7(3-4-16-11)12(15)17-18/h1-6,18H,(H2,15,17). The molecule has 0 bridgehead atoms. The number of aromatic nitrogens is 1. The summed E-state index contributed by atoms with van der Waals surface area (Å²) in [4.78, 5) is 3.84. The van der Waals surface area contributed by atoms with Crippen molar-refractivity contribution >= 4 is 5.84 Å². The summed E-state index contributed by atoms with van der Waals surface area (Å²) in [7, 11) is 0. The third-order valence-electron chi connectivity index (χ3n) is 2.25. The van der Waals surface area contributed by atoms with Gasteiger partial charge in [-0.2, -0.15) is 0 Å². The lowest BCUT2D eigenvalue weighted by Crippen LogP contribution is -2.13. The molecule has 0 saturated heterocycles. The fourth-order valence-electron chi connectivity index (χ4n) is 1.35. The first kappa shape index (κ1) is 12.7. The second kappa shape index (κ2) is 5.30. The van der Waals surface area contributed by atoms with Gasteiger partial charge >= 0.3 is 0 Å². The first-order valence-electron chi connectivity index (χ1n) is 5.17. The van der Waals surface area contributed by atoms with Crippen LogP contribution >= 0.6 is 0 Å². The van der Waals surface area contributed by atoms with E-state index in [1.165, 1.54) is 18.3 Å². The van der Waals surface area contributed by atoms with E-state index < -0.39 is 11.6 Å². The van der Waals surface area contributed by atoms with Crippen LogP contribution in [0.1, 0.15) is 5.56 Å². The fourth-order valence-corrected chi connectivity index (χ4v) is 1.35. The van der Waals surface area contributed by atoms with Gasteiger partial charge in [-0.15, -0.1) is 0 Å². The number of pyridine rings is 1. The van der Waals surface area contributed by atoms with Crippen LogP contribution in [0.25, 0.3) is 0 Å². The van der Waals surface area contributed by atoms with Crippen LogP contribution in [0.2, 0.25) is 0 Å². The quantitative estimate of drug-likeness (QED) is 0.386. The highest BCUT2D eigenvalue weighted by molar-refractivity contribution is 5.97. The van der Waals surface area contributed by atoms with Gasteiger partial charge in [-0.1, -0.05) is 5.16 Å². The summed E-state index contributed by atoms with van der Waals surface area (Å²) in [6.07, 6.45) is 1.35. The lowest BCUT2D eigenvalue weighted by atomic mass is 10.2. The van der Waals surface area contributed by atoms with Crippen molar-refractivity contribution in [2.75, 3.05) is 0 Å². The zero-order valence-corrected chi connectivity index (χ0v) is 9.55. The molecule has 0 atom stereocenters. The van der Waals surface area contributed by atoms with E-state index in [0.29, 0.717) is 11.6 Å². The summed E-state index contributed by atoms with van der Waals surface area (Å²) in [5.74, 6) is -1.83. The minimum Gasteiger partial charge on any atom is -0.436 e. The average Bonchev–Trinajstić information content (AvgIpc) is 2.41. The molecule has 1 aromatic heterocycles. The van der Waals surface area contributed by atoms with Gasteiger partial charge < -0.3 is 15.7 Å². The number of benzene rings is 1. The Morgan fingerprint density at radius 1 is 1.26 bits per heavy atom. The molecule has 1 aromatic carbocycles. The normalized spacial score (nSPS) is 11.4. The van der Waals surface area contributed by atoms with Crippen LogP contribution in [-0.2, 0) is 0 Å². The Morgan fingerprint density at radius 3 is 2.74 bits per heavy atom. The van der Waals surface area contributed by atoms with Crippen LogP contribution < -0.4 is 10.5 Å². The van der Waals surface area contributed by atoms with Gasteiger partial charge in [-0.3, -0.25) is 0 Å². The van der Waals surface area contributed by atoms with Crippen molar-refractivity contribution in [1.82, 2.24) is 4.98 Å². The highest BCUT2D eigenvalue weighted by Gasteiger charge is 2.08. The molecule has 0 saturated carbocycles. The zero-order valence-electron chi connectivity index (χ0n) is 9.55. The van der Waals surface area contributed by atoms with Gasteiger partial charge in [0.15, 0.2) is 17.4 Å². The summed E-state index contributed by atoms with van der Waals surface area (Å²) in [6.45, 7) is 0. The maximum Gasteiger partial charge on any atom is 0.220 e. The molecule has 0 fully saturated rings. The SMILES string of the molecule is N/C(=N\O)c1ccnc(Oc2ccc(F)cc2F)c1. The lowest BCUT2D eigenvalue weighted by molar-refractivity contribution is 0.318. The first-order chi connectivity index (χ1) is 9.10. The molecule has 0 aliphatic carbocycles. The molecule has 2 aromatic rings. The van der Waals surface area contributed by atoms with E-state index in [1.54, 1.807) is 0 Å². The van der Waals surface area contributed by atoms with Gasteiger partial charge in [0.25, 0.3) is 0 Å². The van der Waals surface area contributed by atoms with Crippen LogP contribution in [0.3, 0.4) is 0 Å². The van der Waals surface area contributed by atoms with E-state index in [-0.39, 0.29) is 17.5 Å². The number of hydrogen-bond acceptors (Lipinski definition) is 4. The van der Waals surface area contributed by atoms with Gasteiger partial charge in [0.1, 0.15) is 5.82 Å². The van der Waals surface area contributed by atoms with Gasteiger partial charge in [-0.25, -0.2) is 13.8 Å². The molecule has 0 spiro atoms. The molecule has 98 valence electrons. The van der Waals surface area contributed by atoms with Crippen LogP contribution in [0.5, 0.6) is 11.6 Å². The molecule has 0 aliphatic heterocycles. The molecule has 2 rings (SSSR count). The molecular weight excluding hydrogens is 256 g/mol. The molecule has 19 heavy (non-hydrogen) atoms. The topological polar surface area (TPSA) is 80.7 Å². The number of amidine groups is 1. The highest BCUT2D eigenvalue weighted by Crippen LogP contribution is 2.23.